The predicted octanol–water partition coefficient (Wildman–Crippen LogP) is 2.03. The summed E-state index contributed by atoms with van der Waals surface area (Å²) >= 11 is 0. The summed E-state index contributed by atoms with van der Waals surface area (Å²) in [5.74, 6) is -0.482. The third-order valence-electron chi connectivity index (χ3n) is 3.04. The molecule has 6 nitrogen and oxygen atoms in total. The summed E-state index contributed by atoms with van der Waals surface area (Å²) in [6, 6.07) is 0.251. The van der Waals surface area contributed by atoms with Gasteiger partial charge in [-0.15, -0.1) is 0 Å². The lowest BCUT2D eigenvalue weighted by Crippen LogP contribution is -2.49. The molecule has 1 aliphatic heterocycles. The fourth-order valence-electron chi connectivity index (χ4n) is 1.90. The lowest BCUT2D eigenvalue weighted by molar-refractivity contribution is -0.252. The zero-order valence-electron chi connectivity index (χ0n) is 14.1. The minimum Gasteiger partial charge on any atom is -0.444 e. The Bertz CT molecular complexity index is 329. The minimum atomic E-state index is -0.482. The minimum absolute atomic E-state index is 0.0502. The first-order chi connectivity index (χ1) is 9.57. The van der Waals surface area contributed by atoms with E-state index in [0.717, 1.165) is 13.0 Å². The molecule has 1 saturated heterocycles. The summed E-state index contributed by atoms with van der Waals surface area (Å²) in [7, 11) is 0. The monoisotopic (exact) mass is 302 g/mol. The molecule has 1 amide bonds. The van der Waals surface area contributed by atoms with Gasteiger partial charge in [-0.1, -0.05) is 0 Å². The van der Waals surface area contributed by atoms with Gasteiger partial charge in [0.2, 0.25) is 0 Å². The fraction of sp³-hybridized carbons (Fsp3) is 0.933. The molecular weight excluding hydrogens is 272 g/mol. The molecule has 0 radical (unpaired) electrons. The van der Waals surface area contributed by atoms with E-state index in [9.17, 15) is 4.79 Å². The number of hydrogen-bond acceptors (Lipinski definition) is 5. The van der Waals surface area contributed by atoms with Crippen LogP contribution in [-0.4, -0.2) is 49.3 Å². The quantitative estimate of drug-likeness (QED) is 0.813. The fourth-order valence-corrected chi connectivity index (χ4v) is 1.90. The maximum Gasteiger partial charge on any atom is 0.407 e. The average molecular weight is 302 g/mol. The molecule has 0 spiro atoms. The number of hydrogen-bond donors (Lipinski definition) is 2. The van der Waals surface area contributed by atoms with Crippen molar-refractivity contribution in [2.45, 2.75) is 71.4 Å². The third kappa shape index (κ3) is 8.24. The van der Waals surface area contributed by atoms with Crippen molar-refractivity contribution in [2.24, 2.45) is 0 Å². The Balaban J connectivity index is 2.14. The second kappa shape index (κ2) is 7.42. The van der Waals surface area contributed by atoms with Crippen molar-refractivity contribution >= 4 is 6.09 Å². The first kappa shape index (κ1) is 18.2. The maximum atomic E-state index is 11.6. The molecule has 1 heterocycles. The number of carbonyl (C=O) groups excluding carboxylic acids is 1. The van der Waals surface area contributed by atoms with Crippen LogP contribution in [0.4, 0.5) is 4.79 Å². The summed E-state index contributed by atoms with van der Waals surface area (Å²) in [5, 5.41) is 6.19. The normalized spacial score (nSPS) is 20.9. The highest BCUT2D eigenvalue weighted by atomic mass is 16.7. The highest BCUT2D eigenvalue weighted by molar-refractivity contribution is 5.67. The Kier molecular flexibility index (Phi) is 6.43. The SMILES string of the molecule is CC(CCNC1COC(C)(C)OC1)NC(=O)OC(C)(C)C. The van der Waals surface area contributed by atoms with Crippen LogP contribution >= 0.6 is 0 Å². The van der Waals surface area contributed by atoms with E-state index in [1.165, 1.54) is 0 Å². The van der Waals surface area contributed by atoms with Gasteiger partial charge in [0, 0.05) is 6.04 Å². The summed E-state index contributed by atoms with van der Waals surface area (Å²) in [5.41, 5.74) is -0.467. The van der Waals surface area contributed by atoms with E-state index in [2.05, 4.69) is 10.6 Å². The molecule has 0 aromatic heterocycles. The first-order valence-corrected chi connectivity index (χ1v) is 7.58. The number of carbonyl (C=O) groups is 1. The zero-order valence-corrected chi connectivity index (χ0v) is 14.1. The second-order valence-corrected chi connectivity index (χ2v) is 7.01. The van der Waals surface area contributed by atoms with Crippen LogP contribution < -0.4 is 10.6 Å². The van der Waals surface area contributed by atoms with Crippen molar-refractivity contribution in [3.05, 3.63) is 0 Å². The van der Waals surface area contributed by atoms with E-state index in [1.807, 2.05) is 41.5 Å². The summed E-state index contributed by atoms with van der Waals surface area (Å²) in [4.78, 5) is 11.6. The van der Waals surface area contributed by atoms with Gasteiger partial charge in [-0.05, 0) is 54.5 Å². The molecule has 0 aromatic carbocycles. The molecule has 1 fully saturated rings. The second-order valence-electron chi connectivity index (χ2n) is 7.01. The highest BCUT2D eigenvalue weighted by Crippen LogP contribution is 2.16. The predicted molar refractivity (Wildman–Crippen MR) is 81.2 cm³/mol. The smallest absolute Gasteiger partial charge is 0.407 e. The Hall–Kier alpha value is -0.850. The van der Waals surface area contributed by atoms with Gasteiger partial charge in [0.25, 0.3) is 0 Å². The number of rotatable bonds is 5. The van der Waals surface area contributed by atoms with Crippen LogP contribution in [0.2, 0.25) is 0 Å². The molecule has 0 aliphatic carbocycles. The molecule has 2 N–H and O–H groups in total. The molecular formula is C15H30N2O4. The third-order valence-corrected chi connectivity index (χ3v) is 3.04. The standard InChI is InChI=1S/C15H30N2O4/c1-11(17-13(18)21-14(2,3)4)7-8-16-12-9-19-15(5,6)20-10-12/h11-12,16H,7-10H2,1-6H3,(H,17,18). The van der Waals surface area contributed by atoms with Gasteiger partial charge in [-0.25, -0.2) is 4.79 Å². The Morgan fingerprint density at radius 2 is 1.90 bits per heavy atom. The molecule has 1 atom stereocenters. The molecule has 0 bridgehead atoms. The number of ether oxygens (including phenoxy) is 3. The van der Waals surface area contributed by atoms with Crippen LogP contribution in [-0.2, 0) is 14.2 Å². The van der Waals surface area contributed by atoms with Gasteiger partial charge in [-0.3, -0.25) is 0 Å². The topological polar surface area (TPSA) is 68.8 Å². The van der Waals surface area contributed by atoms with Gasteiger partial charge >= 0.3 is 6.09 Å². The largest absolute Gasteiger partial charge is 0.444 e. The zero-order chi connectivity index (χ0) is 16.1. The molecule has 6 heteroatoms. The van der Waals surface area contributed by atoms with E-state index in [1.54, 1.807) is 0 Å². The van der Waals surface area contributed by atoms with E-state index in [4.69, 9.17) is 14.2 Å². The van der Waals surface area contributed by atoms with Crippen molar-refractivity contribution in [3.63, 3.8) is 0 Å². The van der Waals surface area contributed by atoms with E-state index >= 15 is 0 Å². The van der Waals surface area contributed by atoms with Crippen molar-refractivity contribution in [1.29, 1.82) is 0 Å². The number of amides is 1. The summed E-state index contributed by atoms with van der Waals surface area (Å²) in [6.07, 6.45) is 0.445. The Morgan fingerprint density at radius 3 is 2.43 bits per heavy atom. The average Bonchev–Trinajstić information content (AvgIpc) is 2.28. The van der Waals surface area contributed by atoms with E-state index in [0.29, 0.717) is 13.2 Å². The van der Waals surface area contributed by atoms with Crippen molar-refractivity contribution < 1.29 is 19.0 Å². The molecule has 1 aliphatic rings. The van der Waals surface area contributed by atoms with Crippen molar-refractivity contribution in [2.75, 3.05) is 19.8 Å². The highest BCUT2D eigenvalue weighted by Gasteiger charge is 2.27. The maximum absolute atomic E-state index is 11.6. The van der Waals surface area contributed by atoms with Crippen LogP contribution in [0.15, 0.2) is 0 Å². The lowest BCUT2D eigenvalue weighted by atomic mass is 10.2. The van der Waals surface area contributed by atoms with Crippen molar-refractivity contribution in [1.82, 2.24) is 10.6 Å². The Morgan fingerprint density at radius 1 is 1.33 bits per heavy atom. The van der Waals surface area contributed by atoms with Gasteiger partial charge < -0.3 is 24.8 Å². The van der Waals surface area contributed by atoms with Crippen molar-refractivity contribution in [3.8, 4) is 0 Å². The molecule has 1 rings (SSSR count). The van der Waals surface area contributed by atoms with Crippen LogP contribution in [0.3, 0.4) is 0 Å². The summed E-state index contributed by atoms with van der Waals surface area (Å²) < 4.78 is 16.4. The first-order valence-electron chi connectivity index (χ1n) is 7.58. The molecule has 21 heavy (non-hydrogen) atoms. The van der Waals surface area contributed by atoms with Gasteiger partial charge in [0.05, 0.1) is 19.3 Å². The molecule has 0 saturated carbocycles. The Labute approximate surface area is 127 Å². The number of nitrogens with one attached hydrogen (secondary N) is 2. The number of alkyl carbamates (subject to hydrolysis) is 1. The van der Waals surface area contributed by atoms with Crippen LogP contribution in [0.25, 0.3) is 0 Å². The lowest BCUT2D eigenvalue weighted by Gasteiger charge is -2.35. The summed E-state index contributed by atoms with van der Waals surface area (Å²) in [6.45, 7) is 13.4. The van der Waals surface area contributed by atoms with Crippen LogP contribution in [0, 0.1) is 0 Å². The van der Waals surface area contributed by atoms with Gasteiger partial charge in [-0.2, -0.15) is 0 Å². The van der Waals surface area contributed by atoms with E-state index in [-0.39, 0.29) is 18.2 Å². The van der Waals surface area contributed by atoms with Crippen LogP contribution in [0.1, 0.15) is 48.0 Å². The van der Waals surface area contributed by atoms with Gasteiger partial charge in [0.1, 0.15) is 5.60 Å². The molecule has 0 aromatic rings. The van der Waals surface area contributed by atoms with Gasteiger partial charge in [0.15, 0.2) is 5.79 Å². The van der Waals surface area contributed by atoms with Crippen LogP contribution in [0.5, 0.6) is 0 Å². The molecule has 1 unspecified atom stereocenters. The molecule has 124 valence electrons. The van der Waals surface area contributed by atoms with E-state index < -0.39 is 11.4 Å².